The highest BCUT2D eigenvalue weighted by Gasteiger charge is 2.14. The van der Waals surface area contributed by atoms with E-state index in [0.717, 1.165) is 29.4 Å². The van der Waals surface area contributed by atoms with E-state index in [1.165, 1.54) is 12.1 Å². The number of methoxy groups -OCH3 is 1. The predicted molar refractivity (Wildman–Crippen MR) is 116 cm³/mol. The molecule has 0 bridgehead atoms. The zero-order valence-electron chi connectivity index (χ0n) is 16.9. The molecule has 0 aliphatic rings. The van der Waals surface area contributed by atoms with Gasteiger partial charge in [0.25, 0.3) is 5.69 Å². The van der Waals surface area contributed by atoms with Crippen molar-refractivity contribution in [1.29, 1.82) is 0 Å². The topological polar surface area (TPSA) is 121 Å². The molecule has 0 amide bonds. The number of benzene rings is 2. The van der Waals surface area contributed by atoms with Crippen LogP contribution < -0.4 is 10.1 Å². The molecule has 0 radical (unpaired) electrons. The van der Waals surface area contributed by atoms with E-state index in [2.05, 4.69) is 10.3 Å². The van der Waals surface area contributed by atoms with Crippen LogP contribution in [0.3, 0.4) is 0 Å². The molecular weight excluding hydrogens is 388 g/mol. The van der Waals surface area contributed by atoms with Crippen LogP contribution >= 0.6 is 0 Å². The fourth-order valence-corrected chi connectivity index (χ4v) is 3.48. The minimum Gasteiger partial charge on any atom is -0.497 e. The van der Waals surface area contributed by atoms with Crippen LogP contribution in [0, 0.1) is 10.1 Å². The van der Waals surface area contributed by atoms with Gasteiger partial charge in [-0.25, -0.2) is 4.98 Å². The molecule has 1 aromatic heterocycles. The van der Waals surface area contributed by atoms with Crippen LogP contribution in [0.25, 0.3) is 21.8 Å². The zero-order valence-corrected chi connectivity index (χ0v) is 16.9. The van der Waals surface area contributed by atoms with Crippen molar-refractivity contribution < 1.29 is 19.9 Å². The molecule has 30 heavy (non-hydrogen) atoms. The van der Waals surface area contributed by atoms with E-state index in [9.17, 15) is 10.1 Å². The summed E-state index contributed by atoms with van der Waals surface area (Å²) in [4.78, 5) is 17.3. The Balaban J connectivity index is 1.91. The van der Waals surface area contributed by atoms with Crippen LogP contribution in [-0.2, 0) is 0 Å². The number of rotatable bonds is 11. The van der Waals surface area contributed by atoms with Crippen molar-refractivity contribution >= 4 is 33.2 Å². The number of anilines is 1. The first-order valence-corrected chi connectivity index (χ1v) is 9.81. The van der Waals surface area contributed by atoms with Gasteiger partial charge in [0.1, 0.15) is 5.75 Å². The van der Waals surface area contributed by atoms with Crippen LogP contribution in [0.1, 0.15) is 6.42 Å². The summed E-state index contributed by atoms with van der Waals surface area (Å²) >= 11 is 0. The highest BCUT2D eigenvalue weighted by Crippen LogP contribution is 2.34. The number of non-ortho nitro benzene ring substituents is 1. The molecule has 0 atom stereocenters. The van der Waals surface area contributed by atoms with Crippen molar-refractivity contribution in [2.75, 3.05) is 51.8 Å². The number of aliphatic hydroxyl groups is 2. The number of aliphatic hydroxyl groups excluding tert-OH is 2. The number of hydrogen-bond donors (Lipinski definition) is 3. The summed E-state index contributed by atoms with van der Waals surface area (Å²) in [5.41, 5.74) is 2.11. The van der Waals surface area contributed by atoms with Gasteiger partial charge >= 0.3 is 0 Å². The van der Waals surface area contributed by atoms with Gasteiger partial charge in [0.05, 0.1) is 42.0 Å². The summed E-state index contributed by atoms with van der Waals surface area (Å²) in [5.74, 6) is 0.700. The number of ether oxygens (including phenoxy) is 1. The molecule has 0 unspecified atom stereocenters. The van der Waals surface area contributed by atoms with E-state index < -0.39 is 4.92 Å². The maximum Gasteiger partial charge on any atom is 0.271 e. The quantitative estimate of drug-likeness (QED) is 0.189. The first-order valence-electron chi connectivity index (χ1n) is 9.81. The number of nitro benzene ring substituents is 1. The monoisotopic (exact) mass is 414 g/mol. The van der Waals surface area contributed by atoms with Crippen molar-refractivity contribution in [3.8, 4) is 5.75 Å². The number of pyridine rings is 1. The summed E-state index contributed by atoms with van der Waals surface area (Å²) in [7, 11) is 1.60. The summed E-state index contributed by atoms with van der Waals surface area (Å²) < 4.78 is 5.35. The van der Waals surface area contributed by atoms with Crippen molar-refractivity contribution in [3.63, 3.8) is 0 Å². The number of nitro groups is 1. The summed E-state index contributed by atoms with van der Waals surface area (Å²) in [6.45, 7) is 2.50. The second-order valence-corrected chi connectivity index (χ2v) is 6.90. The first kappa shape index (κ1) is 21.7. The fourth-order valence-electron chi connectivity index (χ4n) is 3.48. The van der Waals surface area contributed by atoms with Gasteiger partial charge in [-0.3, -0.25) is 15.0 Å². The second kappa shape index (κ2) is 10.1. The Morgan fingerprint density at radius 3 is 2.50 bits per heavy atom. The van der Waals surface area contributed by atoms with Crippen LogP contribution in [0.15, 0.2) is 36.4 Å². The van der Waals surface area contributed by atoms with Gasteiger partial charge in [-0.1, -0.05) is 0 Å². The molecule has 160 valence electrons. The molecule has 0 saturated heterocycles. The fraction of sp³-hybridized carbons (Fsp3) is 0.381. The lowest BCUT2D eigenvalue weighted by molar-refractivity contribution is -0.384. The lowest BCUT2D eigenvalue weighted by Crippen LogP contribution is -2.31. The molecular formula is C21H26N4O5. The summed E-state index contributed by atoms with van der Waals surface area (Å²) in [6, 6.07) is 10.2. The summed E-state index contributed by atoms with van der Waals surface area (Å²) in [5, 5.41) is 34.6. The van der Waals surface area contributed by atoms with Crippen molar-refractivity contribution in [3.05, 3.63) is 46.5 Å². The van der Waals surface area contributed by atoms with Gasteiger partial charge in [0.2, 0.25) is 0 Å². The number of aromatic nitrogens is 1. The van der Waals surface area contributed by atoms with Crippen LogP contribution in [-0.4, -0.2) is 71.5 Å². The van der Waals surface area contributed by atoms with Crippen molar-refractivity contribution in [2.45, 2.75) is 6.42 Å². The van der Waals surface area contributed by atoms with E-state index in [1.807, 2.05) is 23.1 Å². The maximum absolute atomic E-state index is 11.2. The average molecular weight is 414 g/mol. The molecule has 3 N–H and O–H groups in total. The third-order valence-electron chi connectivity index (χ3n) is 4.96. The Morgan fingerprint density at radius 2 is 1.83 bits per heavy atom. The molecule has 0 fully saturated rings. The maximum atomic E-state index is 11.2. The Labute approximate surface area is 174 Å². The SMILES string of the molecule is COc1ccc2nc3cc([N+](=O)[O-])ccc3c(NCCCN(CCO)CCO)c2c1. The highest BCUT2D eigenvalue weighted by atomic mass is 16.6. The highest BCUT2D eigenvalue weighted by molar-refractivity contribution is 6.08. The number of nitrogens with zero attached hydrogens (tertiary/aromatic N) is 3. The molecule has 9 nitrogen and oxygen atoms in total. The third-order valence-corrected chi connectivity index (χ3v) is 4.96. The average Bonchev–Trinajstić information content (AvgIpc) is 2.75. The standard InChI is InChI=1S/C21H26N4O5/c1-30-16-4-6-19-18(14-16)21(22-7-2-8-24(9-11-26)10-12-27)17-5-3-15(25(28)29)13-20(17)23-19/h3-6,13-14,26-27H,2,7-12H2,1H3,(H,22,23). The smallest absolute Gasteiger partial charge is 0.271 e. The van der Waals surface area contributed by atoms with E-state index in [0.29, 0.717) is 36.4 Å². The second-order valence-electron chi connectivity index (χ2n) is 6.90. The van der Waals surface area contributed by atoms with Crippen molar-refractivity contribution in [1.82, 2.24) is 9.88 Å². The molecule has 9 heteroatoms. The van der Waals surface area contributed by atoms with Gasteiger partial charge in [0.15, 0.2) is 0 Å². The molecule has 3 aromatic rings. The van der Waals surface area contributed by atoms with E-state index in [1.54, 1.807) is 13.2 Å². The van der Waals surface area contributed by atoms with E-state index in [4.69, 9.17) is 14.9 Å². The first-order chi connectivity index (χ1) is 14.6. The lowest BCUT2D eigenvalue weighted by Gasteiger charge is -2.20. The van der Waals surface area contributed by atoms with Crippen LogP contribution in [0.4, 0.5) is 11.4 Å². The predicted octanol–water partition coefficient (Wildman–Crippen LogP) is 2.39. The third kappa shape index (κ3) is 4.93. The normalized spacial score (nSPS) is 11.3. The lowest BCUT2D eigenvalue weighted by atomic mass is 10.1. The van der Waals surface area contributed by atoms with E-state index >= 15 is 0 Å². The van der Waals surface area contributed by atoms with Gasteiger partial charge in [-0.05, 0) is 37.2 Å². The molecule has 1 heterocycles. The molecule has 0 spiro atoms. The Bertz CT molecular complexity index is 1020. The molecule has 2 aromatic carbocycles. The van der Waals surface area contributed by atoms with E-state index in [-0.39, 0.29) is 18.9 Å². The Morgan fingerprint density at radius 1 is 1.07 bits per heavy atom. The Kier molecular flexibility index (Phi) is 7.34. The van der Waals surface area contributed by atoms with Gasteiger partial charge in [-0.2, -0.15) is 0 Å². The number of hydrogen-bond acceptors (Lipinski definition) is 8. The number of nitrogens with one attached hydrogen (secondary N) is 1. The largest absolute Gasteiger partial charge is 0.497 e. The van der Waals surface area contributed by atoms with Crippen molar-refractivity contribution in [2.24, 2.45) is 0 Å². The molecule has 0 saturated carbocycles. The molecule has 0 aliphatic carbocycles. The van der Waals surface area contributed by atoms with Gasteiger partial charge in [-0.15, -0.1) is 0 Å². The van der Waals surface area contributed by atoms with Gasteiger partial charge in [0, 0.05) is 42.5 Å². The zero-order chi connectivity index (χ0) is 21.5. The molecule has 3 rings (SSSR count). The Hall–Kier alpha value is -3.01. The van der Waals surface area contributed by atoms with Crippen LogP contribution in [0.5, 0.6) is 5.75 Å². The minimum absolute atomic E-state index is 0.00235. The minimum atomic E-state index is -0.427. The summed E-state index contributed by atoms with van der Waals surface area (Å²) in [6.07, 6.45) is 0.794. The molecule has 0 aliphatic heterocycles. The van der Waals surface area contributed by atoms with Gasteiger partial charge < -0.3 is 20.3 Å². The van der Waals surface area contributed by atoms with Crippen LogP contribution in [0.2, 0.25) is 0 Å². The number of fused-ring (bicyclic) bond motifs is 2.